The van der Waals surface area contributed by atoms with Crippen LogP contribution in [0.25, 0.3) is 0 Å². The molecule has 0 heterocycles. The minimum atomic E-state index is 1.32. The Bertz CT molecular complexity index is 95.2. The van der Waals surface area contributed by atoms with Crippen LogP contribution in [-0.4, -0.2) is 0 Å². The summed E-state index contributed by atoms with van der Waals surface area (Å²) in [5.74, 6) is 0. The third kappa shape index (κ3) is 7.26. The topological polar surface area (TPSA) is 0 Å². The maximum absolute atomic E-state index is 3.12. The second kappa shape index (κ2) is 7.26. The van der Waals surface area contributed by atoms with Crippen molar-refractivity contribution in [2.24, 2.45) is 0 Å². The van der Waals surface area contributed by atoms with Crippen LogP contribution in [0.1, 0.15) is 25.7 Å². The van der Waals surface area contributed by atoms with Crippen LogP contribution in [-0.2, 0) is 0 Å². The van der Waals surface area contributed by atoms with Gasteiger partial charge in [-0.25, -0.2) is 0 Å². The Labute approximate surface area is 57.6 Å². The first kappa shape index (κ1) is 8.26. The van der Waals surface area contributed by atoms with E-state index in [0.29, 0.717) is 0 Å². The highest BCUT2D eigenvalue weighted by Gasteiger charge is 1.87. The lowest BCUT2D eigenvalue weighted by atomic mass is 10.1. The van der Waals surface area contributed by atoms with Gasteiger partial charge in [0.1, 0.15) is 0 Å². The Morgan fingerprint density at radius 2 is 1.33 bits per heavy atom. The lowest BCUT2D eigenvalue weighted by Crippen LogP contribution is -1.77. The van der Waals surface area contributed by atoms with Crippen molar-refractivity contribution in [3.8, 4) is 0 Å². The van der Waals surface area contributed by atoms with E-state index in [9.17, 15) is 0 Å². The quantitative estimate of drug-likeness (QED) is 0.342. The van der Waals surface area contributed by atoms with Gasteiger partial charge in [0, 0.05) is 0 Å². The van der Waals surface area contributed by atoms with Crippen molar-refractivity contribution in [3.63, 3.8) is 0 Å². The van der Waals surface area contributed by atoms with Crippen molar-refractivity contribution in [2.75, 3.05) is 0 Å². The summed E-state index contributed by atoms with van der Waals surface area (Å²) >= 11 is 0. The van der Waals surface area contributed by atoms with E-state index in [1.54, 1.807) is 0 Å². The summed E-state index contributed by atoms with van der Waals surface area (Å²) in [6.45, 7) is 6.25. The lowest BCUT2D eigenvalue weighted by molar-refractivity contribution is 0.730. The average Bonchev–Trinajstić information content (AvgIpc) is 1.93. The van der Waals surface area contributed by atoms with Crippen LogP contribution in [0, 0.1) is 0 Å². The summed E-state index contributed by atoms with van der Waals surface area (Å²) in [7, 11) is 0. The molecule has 1 rings (SSSR count). The maximum Gasteiger partial charge on any atom is -0.0351 e. The number of rotatable bonds is 0. The van der Waals surface area contributed by atoms with E-state index in [1.807, 2.05) is 0 Å². The van der Waals surface area contributed by atoms with E-state index in [0.717, 1.165) is 0 Å². The fourth-order valence-electron chi connectivity index (χ4n) is 0.760. The van der Waals surface area contributed by atoms with Gasteiger partial charge in [-0.1, -0.05) is 25.3 Å². The van der Waals surface area contributed by atoms with Crippen molar-refractivity contribution in [3.05, 3.63) is 31.0 Å². The van der Waals surface area contributed by atoms with E-state index in [1.165, 1.54) is 25.7 Å². The molecule has 0 aromatic heterocycles. The van der Waals surface area contributed by atoms with Gasteiger partial charge in [0.05, 0.1) is 0 Å². The van der Waals surface area contributed by atoms with Crippen LogP contribution in [0.15, 0.2) is 31.0 Å². The summed E-state index contributed by atoms with van der Waals surface area (Å²) in [5, 5.41) is 0. The van der Waals surface area contributed by atoms with Crippen molar-refractivity contribution in [2.45, 2.75) is 25.7 Å². The third-order valence-electron chi connectivity index (χ3n) is 1.16. The monoisotopic (exact) mass is 122 g/mol. The molecule has 0 N–H and O–H groups in total. The van der Waals surface area contributed by atoms with Crippen LogP contribution in [0.3, 0.4) is 0 Å². The average molecular weight is 122 g/mol. The molecule has 0 aromatic rings. The van der Waals surface area contributed by atoms with Crippen LogP contribution in [0.2, 0.25) is 0 Å². The maximum atomic E-state index is 3.12. The van der Waals surface area contributed by atoms with Crippen LogP contribution in [0.4, 0.5) is 0 Å². The highest BCUT2D eigenvalue weighted by Crippen LogP contribution is 2.07. The van der Waals surface area contributed by atoms with Crippen molar-refractivity contribution < 1.29 is 0 Å². The predicted octanol–water partition coefficient (Wildman–Crippen LogP) is 3.07. The minimum Gasteiger partial charge on any atom is -0.137 e. The van der Waals surface area contributed by atoms with Gasteiger partial charge in [-0.3, -0.25) is 0 Å². The van der Waals surface area contributed by atoms with Gasteiger partial charge in [-0.05, 0) is 25.7 Å². The highest BCUT2D eigenvalue weighted by atomic mass is 13.9. The zero-order chi connectivity index (χ0) is 6.95. The van der Waals surface area contributed by atoms with Gasteiger partial charge in [0.2, 0.25) is 0 Å². The predicted molar refractivity (Wildman–Crippen MR) is 42.4 cm³/mol. The summed E-state index contributed by atoms with van der Waals surface area (Å²) in [5.41, 5.74) is 2.25. The molecular formula is C9H14. The smallest absolute Gasteiger partial charge is 0.0351 e. The van der Waals surface area contributed by atoms with Crippen molar-refractivity contribution in [1.29, 1.82) is 0 Å². The van der Waals surface area contributed by atoms with E-state index >= 15 is 0 Å². The third-order valence-corrected chi connectivity index (χ3v) is 1.16. The molecule has 0 unspecified atom stereocenters. The molecule has 50 valence electrons. The van der Waals surface area contributed by atoms with E-state index in [2.05, 4.69) is 31.0 Å². The van der Waals surface area contributed by atoms with Crippen LogP contribution >= 0.6 is 0 Å². The first-order valence-electron chi connectivity index (χ1n) is 3.36. The zero-order valence-corrected chi connectivity index (χ0v) is 5.90. The normalized spacial score (nSPS) is 15.1. The fraction of sp³-hybridized carbons (Fsp3) is 0.444. The molecule has 0 radical (unpaired) electrons. The second-order valence-electron chi connectivity index (χ2n) is 2.01. The van der Waals surface area contributed by atoms with E-state index in [4.69, 9.17) is 0 Å². The molecule has 0 saturated heterocycles. The summed E-state index contributed by atoms with van der Waals surface area (Å²) in [6.07, 6.45) is 10.0. The first-order chi connectivity index (χ1) is 4.41. The Balaban J connectivity index is 0.000000187. The van der Waals surface area contributed by atoms with Gasteiger partial charge in [0.25, 0.3) is 0 Å². The van der Waals surface area contributed by atoms with Gasteiger partial charge in [-0.15, -0.1) is 5.73 Å². The van der Waals surface area contributed by atoms with Crippen molar-refractivity contribution in [1.82, 2.24) is 0 Å². The molecule has 1 aliphatic carbocycles. The van der Waals surface area contributed by atoms with Crippen LogP contribution < -0.4 is 0 Å². The molecule has 0 aromatic carbocycles. The summed E-state index contributed by atoms with van der Waals surface area (Å²) < 4.78 is 0. The molecule has 1 aliphatic rings. The Morgan fingerprint density at radius 3 is 1.44 bits per heavy atom. The highest BCUT2D eigenvalue weighted by molar-refractivity contribution is 4.85. The largest absolute Gasteiger partial charge is 0.137 e. The summed E-state index contributed by atoms with van der Waals surface area (Å²) in [6, 6.07) is 0. The minimum absolute atomic E-state index is 1.32. The number of hydrogen-bond acceptors (Lipinski definition) is 0. The zero-order valence-electron chi connectivity index (χ0n) is 5.90. The van der Waals surface area contributed by atoms with Gasteiger partial charge in [-0.2, -0.15) is 0 Å². The van der Waals surface area contributed by atoms with E-state index < -0.39 is 0 Å². The van der Waals surface area contributed by atoms with E-state index in [-0.39, 0.29) is 0 Å². The molecule has 0 fully saturated rings. The fourth-order valence-corrected chi connectivity index (χ4v) is 0.760. The van der Waals surface area contributed by atoms with Crippen LogP contribution in [0.5, 0.6) is 0 Å². The van der Waals surface area contributed by atoms with Gasteiger partial charge in [0.15, 0.2) is 0 Å². The standard InChI is InChI=1S/C6H10.C3H4/c1-2-4-6-5-3-1;1-3-2/h1-2H,3-6H2;1-2H2. The molecule has 0 atom stereocenters. The lowest BCUT2D eigenvalue weighted by Gasteiger charge is -1.97. The Morgan fingerprint density at radius 1 is 1.00 bits per heavy atom. The second-order valence-corrected chi connectivity index (χ2v) is 2.01. The number of hydrogen-bond donors (Lipinski definition) is 0. The van der Waals surface area contributed by atoms with Gasteiger partial charge < -0.3 is 0 Å². The number of allylic oxidation sites excluding steroid dienone is 2. The molecular weight excluding hydrogens is 108 g/mol. The Kier molecular flexibility index (Phi) is 6.66. The SMILES string of the molecule is C1=CCCCC1.C=C=C. The Hall–Kier alpha value is -0.740. The van der Waals surface area contributed by atoms with Gasteiger partial charge >= 0.3 is 0 Å². The molecule has 9 heavy (non-hydrogen) atoms. The molecule has 0 bridgehead atoms. The molecule has 0 aliphatic heterocycles. The molecule has 0 amide bonds. The summed E-state index contributed by atoms with van der Waals surface area (Å²) in [4.78, 5) is 0. The molecule has 0 heteroatoms. The molecule has 0 nitrogen and oxygen atoms in total. The molecule has 0 saturated carbocycles. The molecule has 0 spiro atoms. The first-order valence-corrected chi connectivity index (χ1v) is 3.36. The van der Waals surface area contributed by atoms with Crippen molar-refractivity contribution >= 4 is 0 Å².